The maximum Gasteiger partial charge on any atom is 0.273 e. The van der Waals surface area contributed by atoms with Crippen LogP contribution >= 0.6 is 0 Å². The number of aromatic nitrogens is 3. The zero-order chi connectivity index (χ0) is 30.7. The normalized spacial score (nSPS) is 14.3. The molecule has 12 heteroatoms. The average Bonchev–Trinajstić information content (AvgIpc) is 3.41. The predicted octanol–water partition coefficient (Wildman–Crippen LogP) is 4.82. The van der Waals surface area contributed by atoms with Crippen LogP contribution in [0.2, 0.25) is 0 Å². The number of anilines is 2. The van der Waals surface area contributed by atoms with Crippen LogP contribution in [0.4, 0.5) is 11.4 Å². The van der Waals surface area contributed by atoms with Crippen molar-refractivity contribution in [3.63, 3.8) is 0 Å². The fourth-order valence-corrected chi connectivity index (χ4v) is 5.60. The third kappa shape index (κ3) is 7.67. The first-order valence-electron chi connectivity index (χ1n) is 14.1. The van der Waals surface area contributed by atoms with E-state index in [1.165, 1.54) is 31.1 Å². The summed E-state index contributed by atoms with van der Waals surface area (Å²) in [6.45, 7) is 8.46. The molecule has 1 aromatic heterocycles. The summed E-state index contributed by atoms with van der Waals surface area (Å²) in [6.07, 6.45) is 8.53. The van der Waals surface area contributed by atoms with Gasteiger partial charge in [-0.25, -0.2) is 13.1 Å². The molecule has 4 rings (SSSR count). The Balaban J connectivity index is 1.58. The number of nitrogens with zero attached hydrogens (tertiary/aromatic N) is 3. The van der Waals surface area contributed by atoms with Crippen molar-refractivity contribution < 1.29 is 22.7 Å². The number of hydrogen-bond donors (Lipinski definition) is 3. The van der Waals surface area contributed by atoms with Crippen molar-refractivity contribution in [2.24, 2.45) is 5.92 Å². The number of benzene rings is 2. The van der Waals surface area contributed by atoms with E-state index in [-0.39, 0.29) is 28.5 Å². The van der Waals surface area contributed by atoms with Gasteiger partial charge in [-0.2, -0.15) is 0 Å². The van der Waals surface area contributed by atoms with Crippen LogP contribution < -0.4 is 20.1 Å². The number of rotatable bonds is 9. The molecule has 0 atom stereocenters. The van der Waals surface area contributed by atoms with Crippen LogP contribution in [-0.4, -0.2) is 55.1 Å². The highest BCUT2D eigenvalue weighted by Gasteiger charge is 2.23. The van der Waals surface area contributed by atoms with Gasteiger partial charge in [0.2, 0.25) is 10.0 Å². The number of amides is 2. The second-order valence-corrected chi connectivity index (χ2v) is 13.7. The number of aryl methyl sites for hydroxylation is 1. The summed E-state index contributed by atoms with van der Waals surface area (Å²) < 4.78 is 33.6. The number of carbonyl (C=O) groups excluding carboxylic acids is 2. The largest absolute Gasteiger partial charge is 0.492 e. The number of methoxy groups -OCH3 is 1. The SMILES string of the molecule is COc1c(NC(=O)c2ccc(C)c(-n3cc(C(=O)NCC4CCCCC4)nn3)c2)cc(C(C)(C)C)cc1NS(C)(=O)=O. The maximum absolute atomic E-state index is 13.5. The minimum absolute atomic E-state index is 0.189. The Kier molecular flexibility index (Phi) is 9.24. The molecular formula is C30H40N6O5S. The Labute approximate surface area is 247 Å². The molecule has 0 aliphatic heterocycles. The second kappa shape index (κ2) is 12.5. The second-order valence-electron chi connectivity index (χ2n) is 11.9. The van der Waals surface area contributed by atoms with E-state index in [1.807, 2.05) is 27.7 Å². The van der Waals surface area contributed by atoms with Gasteiger partial charge >= 0.3 is 0 Å². The van der Waals surface area contributed by atoms with Crippen molar-refractivity contribution in [2.45, 2.75) is 65.2 Å². The highest BCUT2D eigenvalue weighted by Crippen LogP contribution is 2.39. The van der Waals surface area contributed by atoms with Crippen LogP contribution in [0.3, 0.4) is 0 Å². The molecule has 226 valence electrons. The molecule has 0 saturated heterocycles. The summed E-state index contributed by atoms with van der Waals surface area (Å²) in [5, 5.41) is 14.1. The van der Waals surface area contributed by atoms with Gasteiger partial charge in [0.1, 0.15) is 0 Å². The van der Waals surface area contributed by atoms with Crippen molar-refractivity contribution >= 4 is 33.2 Å². The van der Waals surface area contributed by atoms with Crippen LogP contribution in [0, 0.1) is 12.8 Å². The lowest BCUT2D eigenvalue weighted by Gasteiger charge is -2.24. The van der Waals surface area contributed by atoms with Crippen LogP contribution in [-0.2, 0) is 15.4 Å². The molecule has 1 saturated carbocycles. The lowest BCUT2D eigenvalue weighted by atomic mass is 9.86. The molecule has 2 amide bonds. The number of nitrogens with one attached hydrogen (secondary N) is 3. The molecule has 42 heavy (non-hydrogen) atoms. The van der Waals surface area contributed by atoms with E-state index >= 15 is 0 Å². The smallest absolute Gasteiger partial charge is 0.273 e. The van der Waals surface area contributed by atoms with E-state index in [9.17, 15) is 18.0 Å². The third-order valence-corrected chi connectivity index (χ3v) is 8.01. The van der Waals surface area contributed by atoms with Gasteiger partial charge in [-0.1, -0.05) is 51.3 Å². The van der Waals surface area contributed by atoms with E-state index < -0.39 is 15.9 Å². The molecule has 2 aromatic carbocycles. The van der Waals surface area contributed by atoms with Gasteiger partial charge in [0.05, 0.1) is 36.6 Å². The summed E-state index contributed by atoms with van der Waals surface area (Å²) in [4.78, 5) is 26.2. The van der Waals surface area contributed by atoms with Gasteiger partial charge < -0.3 is 15.4 Å². The van der Waals surface area contributed by atoms with Gasteiger partial charge in [0, 0.05) is 12.1 Å². The molecule has 0 spiro atoms. The first-order valence-corrected chi connectivity index (χ1v) is 16.0. The van der Waals surface area contributed by atoms with Gasteiger partial charge in [0.25, 0.3) is 11.8 Å². The first kappa shape index (κ1) is 31.0. The molecule has 3 aromatic rings. The number of hydrogen-bond acceptors (Lipinski definition) is 7. The van der Waals surface area contributed by atoms with Gasteiger partial charge in [0.15, 0.2) is 11.4 Å². The fraction of sp³-hybridized carbons (Fsp3) is 0.467. The Morgan fingerprint density at radius 3 is 2.38 bits per heavy atom. The molecule has 0 unspecified atom stereocenters. The Morgan fingerprint density at radius 2 is 1.74 bits per heavy atom. The molecular weight excluding hydrogens is 556 g/mol. The topological polar surface area (TPSA) is 144 Å². The summed E-state index contributed by atoms with van der Waals surface area (Å²) in [5.74, 6) is -0.0235. The molecule has 1 aliphatic carbocycles. The van der Waals surface area contributed by atoms with Crippen molar-refractivity contribution in [2.75, 3.05) is 29.9 Å². The third-order valence-electron chi connectivity index (χ3n) is 7.42. The van der Waals surface area contributed by atoms with E-state index in [4.69, 9.17) is 4.74 Å². The summed E-state index contributed by atoms with van der Waals surface area (Å²) in [5.41, 5.74) is 2.96. The van der Waals surface area contributed by atoms with E-state index in [0.29, 0.717) is 29.4 Å². The Bertz CT molecular complexity index is 1570. The van der Waals surface area contributed by atoms with Crippen molar-refractivity contribution in [1.82, 2.24) is 20.3 Å². The summed E-state index contributed by atoms with van der Waals surface area (Å²) in [7, 11) is -2.20. The van der Waals surface area contributed by atoms with Crippen LogP contribution in [0.15, 0.2) is 36.5 Å². The molecule has 1 heterocycles. The first-order chi connectivity index (χ1) is 19.7. The van der Waals surface area contributed by atoms with Crippen LogP contribution in [0.25, 0.3) is 5.69 Å². The molecule has 1 aliphatic rings. The van der Waals surface area contributed by atoms with Crippen molar-refractivity contribution in [1.29, 1.82) is 0 Å². The Hall–Kier alpha value is -3.93. The number of sulfonamides is 1. The quantitative estimate of drug-likeness (QED) is 0.321. The lowest BCUT2D eigenvalue weighted by Crippen LogP contribution is -2.30. The number of ether oxygens (including phenoxy) is 1. The standard InChI is InChI=1S/C30H40N6O5S/c1-19-12-13-21(14-26(19)36-18-25(33-35-36)29(38)31-17-20-10-8-7-9-11-20)28(37)32-23-15-22(30(2,3)4)16-24(27(23)41-5)34-42(6,39)40/h12-16,18,20,34H,7-11,17H2,1-6H3,(H,31,38)(H,32,37). The molecule has 11 nitrogen and oxygen atoms in total. The van der Waals surface area contributed by atoms with Gasteiger partial charge in [-0.3, -0.25) is 14.3 Å². The van der Waals surface area contributed by atoms with Crippen LogP contribution in [0.1, 0.15) is 84.8 Å². The van der Waals surface area contributed by atoms with Crippen molar-refractivity contribution in [3.8, 4) is 11.4 Å². The van der Waals surface area contributed by atoms with E-state index in [1.54, 1.807) is 36.5 Å². The fourth-order valence-electron chi connectivity index (χ4n) is 5.05. The average molecular weight is 597 g/mol. The predicted molar refractivity (Wildman–Crippen MR) is 163 cm³/mol. The number of carbonyl (C=O) groups is 2. The highest BCUT2D eigenvalue weighted by molar-refractivity contribution is 7.92. The minimum Gasteiger partial charge on any atom is -0.492 e. The van der Waals surface area contributed by atoms with E-state index in [2.05, 4.69) is 25.7 Å². The lowest BCUT2D eigenvalue weighted by molar-refractivity contribution is 0.0937. The maximum atomic E-state index is 13.5. The zero-order valence-corrected chi connectivity index (χ0v) is 25.9. The molecule has 3 N–H and O–H groups in total. The van der Waals surface area contributed by atoms with Crippen LogP contribution in [0.5, 0.6) is 5.75 Å². The zero-order valence-electron chi connectivity index (χ0n) is 25.1. The summed E-state index contributed by atoms with van der Waals surface area (Å²) >= 11 is 0. The molecule has 1 fully saturated rings. The van der Waals surface area contributed by atoms with Gasteiger partial charge in [-0.15, -0.1) is 5.10 Å². The monoisotopic (exact) mass is 596 g/mol. The summed E-state index contributed by atoms with van der Waals surface area (Å²) in [6, 6.07) is 8.60. The van der Waals surface area contributed by atoms with Crippen molar-refractivity contribution in [3.05, 3.63) is 58.9 Å². The van der Waals surface area contributed by atoms with Gasteiger partial charge in [-0.05, 0) is 66.5 Å². The minimum atomic E-state index is -3.61. The molecule has 0 bridgehead atoms. The molecule has 0 radical (unpaired) electrons. The van der Waals surface area contributed by atoms with E-state index in [0.717, 1.165) is 30.2 Å². The highest BCUT2D eigenvalue weighted by atomic mass is 32.2. The Morgan fingerprint density at radius 1 is 1.05 bits per heavy atom.